The summed E-state index contributed by atoms with van der Waals surface area (Å²) in [5.41, 5.74) is 1.73. The number of ether oxygens (including phenoxy) is 2. The Kier molecular flexibility index (Phi) is 6.85. The first-order valence-corrected chi connectivity index (χ1v) is 6.26. The molecule has 0 aliphatic heterocycles. The average molecular weight is 264 g/mol. The lowest BCUT2D eigenvalue weighted by atomic mass is 10.1. The van der Waals surface area contributed by atoms with E-state index in [9.17, 15) is 9.90 Å². The maximum atomic E-state index is 11.2. The van der Waals surface area contributed by atoms with Crippen LogP contribution in [-0.4, -0.2) is 30.4 Å². The number of esters is 1. The zero-order valence-corrected chi connectivity index (χ0v) is 11.2. The van der Waals surface area contributed by atoms with Crippen LogP contribution in [0.5, 0.6) is 0 Å². The van der Waals surface area contributed by atoms with Crippen LogP contribution in [0.25, 0.3) is 0 Å². The quantitative estimate of drug-likeness (QED) is 0.577. The Balaban J connectivity index is 2.23. The summed E-state index contributed by atoms with van der Waals surface area (Å²) in [7, 11) is 0. The van der Waals surface area contributed by atoms with Gasteiger partial charge in [0, 0.05) is 6.42 Å². The summed E-state index contributed by atoms with van der Waals surface area (Å²) in [6.45, 7) is 6.52. The minimum atomic E-state index is -1.16. The number of aliphatic hydroxyl groups is 1. The molecule has 1 rings (SSSR count). The highest BCUT2D eigenvalue weighted by molar-refractivity contribution is 5.74. The Bertz CT molecular complexity index is 400. The number of aliphatic hydroxyl groups excluding tert-OH is 1. The molecular weight excluding hydrogens is 244 g/mol. The maximum Gasteiger partial charge on any atom is 0.335 e. The van der Waals surface area contributed by atoms with Crippen molar-refractivity contribution in [2.75, 3.05) is 13.2 Å². The van der Waals surface area contributed by atoms with Crippen molar-refractivity contribution < 1.29 is 19.4 Å². The molecule has 0 saturated carbocycles. The standard InChI is InChI=1S/C15H20O4/c1-3-19-15(17)14(16)9-12(2)10-18-11-13-7-5-4-6-8-13/h4-8,14,16H,2-3,9-11H2,1H3/t14-/m1/s1. The number of benzene rings is 1. The van der Waals surface area contributed by atoms with E-state index < -0.39 is 12.1 Å². The number of rotatable bonds is 8. The van der Waals surface area contributed by atoms with Crippen molar-refractivity contribution in [1.82, 2.24) is 0 Å². The molecule has 0 saturated heterocycles. The molecule has 0 aliphatic carbocycles. The molecule has 1 atom stereocenters. The van der Waals surface area contributed by atoms with Gasteiger partial charge in [0.05, 0.1) is 19.8 Å². The van der Waals surface area contributed by atoms with Crippen LogP contribution in [0.15, 0.2) is 42.5 Å². The Labute approximate surface area is 113 Å². The molecule has 104 valence electrons. The average Bonchev–Trinajstić information content (AvgIpc) is 2.40. The van der Waals surface area contributed by atoms with Crippen LogP contribution >= 0.6 is 0 Å². The summed E-state index contributed by atoms with van der Waals surface area (Å²) in [5, 5.41) is 9.54. The van der Waals surface area contributed by atoms with Crippen molar-refractivity contribution in [2.24, 2.45) is 0 Å². The molecule has 0 fully saturated rings. The van der Waals surface area contributed by atoms with E-state index in [0.29, 0.717) is 18.8 Å². The van der Waals surface area contributed by atoms with Gasteiger partial charge in [-0.05, 0) is 18.1 Å². The van der Waals surface area contributed by atoms with Gasteiger partial charge in [0.2, 0.25) is 0 Å². The lowest BCUT2D eigenvalue weighted by Crippen LogP contribution is -2.24. The number of carbonyl (C=O) groups excluding carboxylic acids is 1. The van der Waals surface area contributed by atoms with E-state index in [1.165, 1.54) is 0 Å². The summed E-state index contributed by atoms with van der Waals surface area (Å²) < 4.78 is 10.2. The minimum Gasteiger partial charge on any atom is -0.464 e. The van der Waals surface area contributed by atoms with Gasteiger partial charge in [0.15, 0.2) is 6.10 Å². The second-order valence-electron chi connectivity index (χ2n) is 4.20. The second-order valence-corrected chi connectivity index (χ2v) is 4.20. The van der Waals surface area contributed by atoms with E-state index in [2.05, 4.69) is 6.58 Å². The molecule has 4 nitrogen and oxygen atoms in total. The first-order valence-electron chi connectivity index (χ1n) is 6.26. The van der Waals surface area contributed by atoms with Crippen LogP contribution in [0, 0.1) is 0 Å². The predicted octanol–water partition coefficient (Wildman–Crippen LogP) is 2.07. The lowest BCUT2D eigenvalue weighted by Gasteiger charge is -2.12. The maximum absolute atomic E-state index is 11.2. The van der Waals surface area contributed by atoms with Crippen LogP contribution in [0.4, 0.5) is 0 Å². The fourth-order valence-electron chi connectivity index (χ4n) is 1.54. The smallest absolute Gasteiger partial charge is 0.335 e. The topological polar surface area (TPSA) is 55.8 Å². The molecule has 0 aromatic heterocycles. The molecular formula is C15H20O4. The van der Waals surface area contributed by atoms with Gasteiger partial charge in [0.1, 0.15) is 0 Å². The van der Waals surface area contributed by atoms with Gasteiger partial charge in [-0.25, -0.2) is 4.79 Å². The summed E-state index contributed by atoms with van der Waals surface area (Å²) in [6, 6.07) is 9.76. The van der Waals surface area contributed by atoms with E-state index in [1.54, 1.807) is 6.92 Å². The van der Waals surface area contributed by atoms with Crippen molar-refractivity contribution in [3.8, 4) is 0 Å². The van der Waals surface area contributed by atoms with E-state index >= 15 is 0 Å². The van der Waals surface area contributed by atoms with Gasteiger partial charge < -0.3 is 14.6 Å². The Hall–Kier alpha value is -1.65. The highest BCUT2D eigenvalue weighted by Gasteiger charge is 2.16. The van der Waals surface area contributed by atoms with Crippen LogP contribution in [-0.2, 0) is 20.9 Å². The van der Waals surface area contributed by atoms with E-state index in [1.807, 2.05) is 30.3 Å². The van der Waals surface area contributed by atoms with Crippen LogP contribution in [0.2, 0.25) is 0 Å². The number of hydrogen-bond donors (Lipinski definition) is 1. The molecule has 1 aromatic rings. The number of hydrogen-bond acceptors (Lipinski definition) is 4. The normalized spacial score (nSPS) is 11.9. The Morgan fingerprint density at radius 2 is 2.05 bits per heavy atom. The monoisotopic (exact) mass is 264 g/mol. The third-order valence-corrected chi connectivity index (χ3v) is 2.46. The van der Waals surface area contributed by atoms with Crippen LogP contribution in [0.3, 0.4) is 0 Å². The summed E-state index contributed by atoms with van der Waals surface area (Å²) in [4.78, 5) is 11.2. The van der Waals surface area contributed by atoms with Gasteiger partial charge in [-0.3, -0.25) is 0 Å². The zero-order chi connectivity index (χ0) is 14.1. The highest BCUT2D eigenvalue weighted by atomic mass is 16.5. The predicted molar refractivity (Wildman–Crippen MR) is 72.5 cm³/mol. The second kappa shape index (κ2) is 8.45. The molecule has 0 spiro atoms. The Morgan fingerprint density at radius 3 is 2.68 bits per heavy atom. The van der Waals surface area contributed by atoms with Gasteiger partial charge in [-0.2, -0.15) is 0 Å². The van der Waals surface area contributed by atoms with Gasteiger partial charge >= 0.3 is 5.97 Å². The molecule has 0 bridgehead atoms. The molecule has 19 heavy (non-hydrogen) atoms. The van der Waals surface area contributed by atoms with Gasteiger partial charge in [0.25, 0.3) is 0 Å². The fraction of sp³-hybridized carbons (Fsp3) is 0.400. The highest BCUT2D eigenvalue weighted by Crippen LogP contribution is 2.07. The molecule has 0 radical (unpaired) electrons. The first kappa shape index (κ1) is 15.4. The van der Waals surface area contributed by atoms with Gasteiger partial charge in [-0.15, -0.1) is 0 Å². The third-order valence-electron chi connectivity index (χ3n) is 2.46. The lowest BCUT2D eigenvalue weighted by molar-refractivity contribution is -0.152. The van der Waals surface area contributed by atoms with Crippen molar-refractivity contribution in [2.45, 2.75) is 26.1 Å². The van der Waals surface area contributed by atoms with Crippen LogP contribution < -0.4 is 0 Å². The molecule has 1 aromatic carbocycles. The largest absolute Gasteiger partial charge is 0.464 e. The number of carbonyl (C=O) groups is 1. The van der Waals surface area contributed by atoms with Crippen molar-refractivity contribution in [1.29, 1.82) is 0 Å². The summed E-state index contributed by atoms with van der Waals surface area (Å²) >= 11 is 0. The van der Waals surface area contributed by atoms with Gasteiger partial charge in [-0.1, -0.05) is 36.9 Å². The minimum absolute atomic E-state index is 0.160. The third kappa shape index (κ3) is 6.18. The summed E-state index contributed by atoms with van der Waals surface area (Å²) in [5.74, 6) is -0.619. The molecule has 0 aliphatic rings. The first-order chi connectivity index (χ1) is 9.13. The molecule has 4 heteroatoms. The van der Waals surface area contributed by atoms with Crippen molar-refractivity contribution in [3.63, 3.8) is 0 Å². The fourth-order valence-corrected chi connectivity index (χ4v) is 1.54. The molecule has 1 N–H and O–H groups in total. The zero-order valence-electron chi connectivity index (χ0n) is 11.2. The molecule has 0 unspecified atom stereocenters. The Morgan fingerprint density at radius 1 is 1.37 bits per heavy atom. The van der Waals surface area contributed by atoms with E-state index in [4.69, 9.17) is 9.47 Å². The van der Waals surface area contributed by atoms with E-state index in [0.717, 1.165) is 5.56 Å². The van der Waals surface area contributed by atoms with E-state index in [-0.39, 0.29) is 13.0 Å². The summed E-state index contributed by atoms with van der Waals surface area (Å²) in [6.07, 6.45) is -0.999. The van der Waals surface area contributed by atoms with Crippen molar-refractivity contribution >= 4 is 5.97 Å². The SMILES string of the molecule is C=C(COCc1ccccc1)C[C@@H](O)C(=O)OCC. The molecule has 0 amide bonds. The van der Waals surface area contributed by atoms with Crippen molar-refractivity contribution in [3.05, 3.63) is 48.0 Å². The molecule has 0 heterocycles. The van der Waals surface area contributed by atoms with Crippen LogP contribution in [0.1, 0.15) is 18.9 Å².